The summed E-state index contributed by atoms with van der Waals surface area (Å²) in [6.45, 7) is 3.61. The number of nitrogens with one attached hydrogen (secondary N) is 3. The van der Waals surface area contributed by atoms with Crippen LogP contribution < -0.4 is 20.1 Å². The largest absolute Gasteiger partial charge is 0.437 e. The lowest BCUT2D eigenvalue weighted by Gasteiger charge is -2.23. The number of anilines is 2. The van der Waals surface area contributed by atoms with Crippen LogP contribution in [0.25, 0.3) is 22.0 Å². The van der Waals surface area contributed by atoms with Crippen LogP contribution in [0.4, 0.5) is 24.8 Å². The van der Waals surface area contributed by atoms with Crippen molar-refractivity contribution in [2.75, 3.05) is 28.9 Å². The molecule has 3 N–H and O–H groups in total. The summed E-state index contributed by atoms with van der Waals surface area (Å²) < 4.78 is 75.5. The minimum Gasteiger partial charge on any atom is -0.437 e. The second-order valence-corrected chi connectivity index (χ2v) is 12.5. The van der Waals surface area contributed by atoms with Crippen LogP contribution in [0, 0.1) is 18.7 Å². The third kappa shape index (κ3) is 6.78. The van der Waals surface area contributed by atoms with E-state index in [2.05, 4.69) is 30.3 Å². The van der Waals surface area contributed by atoms with E-state index in [0.717, 1.165) is 32.0 Å². The van der Waals surface area contributed by atoms with Crippen molar-refractivity contribution < 1.29 is 26.3 Å². The summed E-state index contributed by atoms with van der Waals surface area (Å²) in [4.78, 5) is 13.5. The Morgan fingerprint density at radius 3 is 2.63 bits per heavy atom. The van der Waals surface area contributed by atoms with Crippen molar-refractivity contribution in [3.8, 4) is 22.9 Å². The number of nitrogens with zero attached hydrogens (tertiary/aromatic N) is 3. The molecule has 0 amide bonds. The molecule has 1 saturated carbocycles. The van der Waals surface area contributed by atoms with Crippen molar-refractivity contribution in [3.05, 3.63) is 66.2 Å². The summed E-state index contributed by atoms with van der Waals surface area (Å²) in [5.41, 5.74) is 1.53. The number of hydrogen-bond donors (Lipinski definition) is 3. The van der Waals surface area contributed by atoms with E-state index in [1.165, 1.54) is 6.07 Å². The number of sulfonamides is 1. The normalized spacial score (nSPS) is 19.3. The highest BCUT2D eigenvalue weighted by Crippen LogP contribution is 2.49. The maximum absolute atomic E-state index is 15.0. The number of ether oxygens (including phenoxy) is 1. The summed E-state index contributed by atoms with van der Waals surface area (Å²) in [7, 11) is -4.24. The van der Waals surface area contributed by atoms with Crippen LogP contribution >= 0.6 is 12.4 Å². The van der Waals surface area contributed by atoms with Gasteiger partial charge in [-0.25, -0.2) is 36.5 Å². The van der Waals surface area contributed by atoms with Crippen molar-refractivity contribution in [2.24, 2.45) is 5.92 Å². The van der Waals surface area contributed by atoms with Crippen LogP contribution in [0.5, 0.6) is 11.6 Å². The molecule has 2 fully saturated rings. The Hall–Kier alpha value is -3.68. The molecule has 2 atom stereocenters. The van der Waals surface area contributed by atoms with Gasteiger partial charge in [-0.15, -0.1) is 12.4 Å². The smallest absolute Gasteiger partial charge is 0.252 e. The molecule has 2 aromatic heterocycles. The summed E-state index contributed by atoms with van der Waals surface area (Å²) in [5.74, 6) is -4.88. The second-order valence-electron chi connectivity index (χ2n) is 10.7. The highest BCUT2D eigenvalue weighted by molar-refractivity contribution is 7.92. The highest BCUT2D eigenvalue weighted by atomic mass is 35.5. The van der Waals surface area contributed by atoms with Crippen molar-refractivity contribution in [1.29, 1.82) is 0 Å². The van der Waals surface area contributed by atoms with E-state index in [9.17, 15) is 21.6 Å². The zero-order valence-corrected chi connectivity index (χ0v) is 24.7. The van der Waals surface area contributed by atoms with Gasteiger partial charge in [-0.1, -0.05) is 12.1 Å². The van der Waals surface area contributed by atoms with Gasteiger partial charge in [0, 0.05) is 48.1 Å². The first-order valence-corrected chi connectivity index (χ1v) is 15.3. The number of fused-ring (bicyclic) bond motifs is 1. The van der Waals surface area contributed by atoms with Gasteiger partial charge < -0.3 is 15.4 Å². The third-order valence-corrected chi connectivity index (χ3v) is 8.82. The monoisotopic (exact) mass is 634 g/mol. The minimum absolute atomic E-state index is 0. The molecule has 3 heterocycles. The second kappa shape index (κ2) is 12.1. The third-order valence-electron chi connectivity index (χ3n) is 7.46. The Morgan fingerprint density at radius 2 is 1.88 bits per heavy atom. The van der Waals surface area contributed by atoms with Gasteiger partial charge in [-0.2, -0.15) is 0 Å². The van der Waals surface area contributed by atoms with E-state index in [1.54, 1.807) is 43.6 Å². The van der Waals surface area contributed by atoms with E-state index in [-0.39, 0.29) is 35.4 Å². The molecule has 228 valence electrons. The van der Waals surface area contributed by atoms with E-state index < -0.39 is 39.9 Å². The van der Waals surface area contributed by atoms with E-state index in [1.807, 2.05) is 6.07 Å². The Kier molecular flexibility index (Phi) is 8.68. The topological polar surface area (TPSA) is 118 Å². The summed E-state index contributed by atoms with van der Waals surface area (Å²) in [6.07, 6.45) is 4.79. The van der Waals surface area contributed by atoms with E-state index >= 15 is 0 Å². The minimum atomic E-state index is -4.24. The average Bonchev–Trinajstić information content (AvgIpc) is 3.56. The molecule has 43 heavy (non-hydrogen) atoms. The number of hydrogen-bond acceptors (Lipinski definition) is 8. The molecule has 2 aliphatic rings. The highest BCUT2D eigenvalue weighted by Gasteiger charge is 2.58. The summed E-state index contributed by atoms with van der Waals surface area (Å²) in [5, 5.41) is 7.35. The maximum Gasteiger partial charge on any atom is 0.252 e. The van der Waals surface area contributed by atoms with Gasteiger partial charge in [0.2, 0.25) is 21.9 Å². The van der Waals surface area contributed by atoms with Crippen LogP contribution in [0.3, 0.4) is 0 Å². The van der Waals surface area contributed by atoms with Crippen molar-refractivity contribution >= 4 is 44.8 Å². The van der Waals surface area contributed by atoms with Gasteiger partial charge in [0.15, 0.2) is 0 Å². The molecular weight excluding hydrogens is 605 g/mol. The van der Waals surface area contributed by atoms with Crippen LogP contribution in [0.2, 0.25) is 0 Å². The molecule has 1 aliphatic heterocycles. The SMILES string of the molecule is Cc1ccc2c(NS(=O)(=O)CC3CC3(F)F)c(F)ccc2c1Oc1ncccc1-c1ccnc(NC2CCCNC2)n1.Cl. The van der Waals surface area contributed by atoms with Gasteiger partial charge in [-0.05, 0) is 62.2 Å². The standard InChI is InChI=1S/C29H29F3N6O3S.ClH/c1-17-6-7-20-21(8-9-23(30)25(20)38-42(39,40)16-18-14-29(18,31)32)26(17)41-27-22(5-3-12-34-27)24-10-13-35-28(37-24)36-19-4-2-11-33-15-19;/h3,5-10,12-13,18-19,33,38H,2,4,11,14-16H2,1H3,(H,35,36,37);1H. The molecule has 2 unspecified atom stereocenters. The molecule has 0 bridgehead atoms. The Bertz CT molecular complexity index is 1760. The van der Waals surface area contributed by atoms with Crippen molar-refractivity contribution in [1.82, 2.24) is 20.3 Å². The van der Waals surface area contributed by atoms with Crippen LogP contribution in [0.1, 0.15) is 24.8 Å². The molecule has 1 aliphatic carbocycles. The first-order chi connectivity index (χ1) is 20.1. The van der Waals surface area contributed by atoms with E-state index in [4.69, 9.17) is 4.74 Å². The van der Waals surface area contributed by atoms with Crippen LogP contribution in [-0.2, 0) is 10.0 Å². The number of halogens is 4. The Morgan fingerprint density at radius 1 is 1.09 bits per heavy atom. The molecule has 0 spiro atoms. The lowest BCUT2D eigenvalue weighted by molar-refractivity contribution is 0.103. The van der Waals surface area contributed by atoms with Gasteiger partial charge >= 0.3 is 0 Å². The number of aromatic nitrogens is 3. The van der Waals surface area contributed by atoms with Gasteiger partial charge in [0.05, 0.1) is 22.7 Å². The fraction of sp³-hybridized carbons (Fsp3) is 0.345. The molecule has 9 nitrogen and oxygen atoms in total. The van der Waals surface area contributed by atoms with Crippen molar-refractivity contribution in [3.63, 3.8) is 0 Å². The number of benzene rings is 2. The lowest BCUT2D eigenvalue weighted by atomic mass is 10.0. The molecular formula is C29H30ClF3N6O3S. The number of aryl methyl sites for hydroxylation is 1. The molecule has 1 saturated heterocycles. The van der Waals surface area contributed by atoms with Crippen LogP contribution in [0.15, 0.2) is 54.9 Å². The molecule has 0 radical (unpaired) electrons. The summed E-state index contributed by atoms with van der Waals surface area (Å²) in [6, 6.07) is 11.3. The van der Waals surface area contributed by atoms with Gasteiger partial charge in [0.1, 0.15) is 11.6 Å². The zero-order valence-electron chi connectivity index (χ0n) is 23.1. The predicted octanol–water partition coefficient (Wildman–Crippen LogP) is 5.91. The first kappa shape index (κ1) is 30.8. The average molecular weight is 635 g/mol. The number of piperidine rings is 1. The fourth-order valence-corrected chi connectivity index (χ4v) is 6.60. The number of rotatable bonds is 9. The quantitative estimate of drug-likeness (QED) is 0.208. The first-order valence-electron chi connectivity index (χ1n) is 13.6. The molecule has 6 rings (SSSR count). The van der Waals surface area contributed by atoms with Crippen LogP contribution in [-0.4, -0.2) is 54.2 Å². The molecule has 2 aromatic carbocycles. The maximum atomic E-state index is 15.0. The summed E-state index contributed by atoms with van der Waals surface area (Å²) >= 11 is 0. The Balaban J connectivity index is 0.00000368. The van der Waals surface area contributed by atoms with Gasteiger partial charge in [-0.3, -0.25) is 4.72 Å². The zero-order chi connectivity index (χ0) is 29.5. The Labute approximate surface area is 253 Å². The van der Waals surface area contributed by atoms with E-state index in [0.29, 0.717) is 33.9 Å². The van der Waals surface area contributed by atoms with Gasteiger partial charge in [0.25, 0.3) is 5.92 Å². The lowest BCUT2D eigenvalue weighted by Crippen LogP contribution is -2.38. The predicted molar refractivity (Wildman–Crippen MR) is 161 cm³/mol. The fourth-order valence-electron chi connectivity index (χ4n) is 5.11. The van der Waals surface area contributed by atoms with Crippen molar-refractivity contribution in [2.45, 2.75) is 38.2 Å². The number of pyridine rings is 1. The number of alkyl halides is 2. The molecule has 14 heteroatoms. The molecule has 4 aromatic rings.